The van der Waals surface area contributed by atoms with E-state index >= 15 is 0 Å². The second-order valence-corrected chi connectivity index (χ2v) is 5.18. The lowest BCUT2D eigenvalue weighted by Crippen LogP contribution is -2.35. The van der Waals surface area contributed by atoms with E-state index in [4.69, 9.17) is 16.3 Å². The van der Waals surface area contributed by atoms with Crippen LogP contribution in [0.5, 0.6) is 0 Å². The highest BCUT2D eigenvalue weighted by molar-refractivity contribution is 6.29. The van der Waals surface area contributed by atoms with Crippen molar-refractivity contribution in [2.45, 2.75) is 33.3 Å². The molecule has 18 heavy (non-hydrogen) atoms. The van der Waals surface area contributed by atoms with Gasteiger partial charge in [-0.05, 0) is 25.7 Å². The van der Waals surface area contributed by atoms with Crippen molar-refractivity contribution in [2.24, 2.45) is 5.92 Å². The van der Waals surface area contributed by atoms with Crippen LogP contribution in [0.15, 0.2) is 6.07 Å². The zero-order chi connectivity index (χ0) is 13.0. The molecule has 1 aromatic heterocycles. The fraction of sp³-hybridized carbons (Fsp3) is 0.692. The van der Waals surface area contributed by atoms with Gasteiger partial charge in [0.15, 0.2) is 5.82 Å². The van der Waals surface area contributed by atoms with Gasteiger partial charge in [0.2, 0.25) is 0 Å². The molecule has 0 N–H and O–H groups in total. The number of rotatable bonds is 4. The third-order valence-electron chi connectivity index (χ3n) is 3.14. The standard InChI is InChI=1S/C13H20ClN3O/c1-3-18-9-12-15-11(14)7-13(16-12)17-6-4-5-10(2)8-17/h7,10H,3-6,8-9H2,1-2H3. The van der Waals surface area contributed by atoms with Crippen molar-refractivity contribution in [2.75, 3.05) is 24.6 Å². The molecule has 4 nitrogen and oxygen atoms in total. The predicted molar refractivity (Wildman–Crippen MR) is 73.0 cm³/mol. The van der Waals surface area contributed by atoms with E-state index < -0.39 is 0 Å². The molecule has 100 valence electrons. The molecule has 1 saturated heterocycles. The number of nitrogens with zero attached hydrogens (tertiary/aromatic N) is 3. The van der Waals surface area contributed by atoms with Gasteiger partial charge in [-0.2, -0.15) is 0 Å². The molecule has 5 heteroatoms. The van der Waals surface area contributed by atoms with E-state index in [1.807, 2.05) is 13.0 Å². The van der Waals surface area contributed by atoms with Crippen LogP contribution < -0.4 is 4.90 Å². The molecule has 0 spiro atoms. The molecular weight excluding hydrogens is 250 g/mol. The topological polar surface area (TPSA) is 38.2 Å². The molecule has 1 aliphatic rings. The average Bonchev–Trinajstić information content (AvgIpc) is 2.36. The Morgan fingerprint density at radius 1 is 1.50 bits per heavy atom. The van der Waals surface area contributed by atoms with Crippen LogP contribution in [0.3, 0.4) is 0 Å². The minimum atomic E-state index is 0.424. The van der Waals surface area contributed by atoms with Crippen molar-refractivity contribution in [1.29, 1.82) is 0 Å². The number of ether oxygens (including phenoxy) is 1. The highest BCUT2D eigenvalue weighted by Gasteiger charge is 2.18. The SMILES string of the molecule is CCOCc1nc(Cl)cc(N2CCCC(C)C2)n1. The van der Waals surface area contributed by atoms with E-state index in [1.165, 1.54) is 12.8 Å². The van der Waals surface area contributed by atoms with E-state index in [9.17, 15) is 0 Å². The molecule has 2 heterocycles. The first kappa shape index (κ1) is 13.6. The summed E-state index contributed by atoms with van der Waals surface area (Å²) in [7, 11) is 0. The maximum absolute atomic E-state index is 6.05. The molecule has 0 amide bonds. The lowest BCUT2D eigenvalue weighted by atomic mass is 10.0. The monoisotopic (exact) mass is 269 g/mol. The van der Waals surface area contributed by atoms with Gasteiger partial charge in [-0.25, -0.2) is 9.97 Å². The van der Waals surface area contributed by atoms with Crippen molar-refractivity contribution < 1.29 is 4.74 Å². The summed E-state index contributed by atoms with van der Waals surface area (Å²) in [6.45, 7) is 7.40. The summed E-state index contributed by atoms with van der Waals surface area (Å²) in [5.74, 6) is 2.30. The summed E-state index contributed by atoms with van der Waals surface area (Å²) in [5, 5.41) is 0.493. The van der Waals surface area contributed by atoms with E-state index in [1.54, 1.807) is 0 Å². The summed E-state index contributed by atoms with van der Waals surface area (Å²) in [5.41, 5.74) is 0. The molecule has 0 bridgehead atoms. The van der Waals surface area contributed by atoms with E-state index in [-0.39, 0.29) is 0 Å². The molecule has 0 aromatic carbocycles. The van der Waals surface area contributed by atoms with Gasteiger partial charge in [-0.1, -0.05) is 18.5 Å². The van der Waals surface area contributed by atoms with Crippen LogP contribution in [0.25, 0.3) is 0 Å². The maximum atomic E-state index is 6.05. The summed E-state index contributed by atoms with van der Waals surface area (Å²) in [4.78, 5) is 11.0. The fourth-order valence-electron chi connectivity index (χ4n) is 2.27. The van der Waals surface area contributed by atoms with Gasteiger partial charge in [0.05, 0.1) is 0 Å². The van der Waals surface area contributed by atoms with Gasteiger partial charge in [-0.3, -0.25) is 0 Å². The lowest BCUT2D eigenvalue weighted by Gasteiger charge is -2.32. The normalized spacial score (nSPS) is 20.2. The molecule has 1 atom stereocenters. The number of hydrogen-bond donors (Lipinski definition) is 0. The molecule has 2 rings (SSSR count). The van der Waals surface area contributed by atoms with Crippen molar-refractivity contribution >= 4 is 17.4 Å². The first-order valence-electron chi connectivity index (χ1n) is 6.55. The van der Waals surface area contributed by atoms with E-state index in [0.29, 0.717) is 30.1 Å². The zero-order valence-electron chi connectivity index (χ0n) is 11.0. The Morgan fingerprint density at radius 2 is 2.33 bits per heavy atom. The van der Waals surface area contributed by atoms with E-state index in [0.717, 1.165) is 18.9 Å². The summed E-state index contributed by atoms with van der Waals surface area (Å²) in [6, 6.07) is 1.84. The number of aromatic nitrogens is 2. The van der Waals surface area contributed by atoms with Crippen molar-refractivity contribution in [3.05, 3.63) is 17.0 Å². The number of hydrogen-bond acceptors (Lipinski definition) is 4. The summed E-state index contributed by atoms with van der Waals surface area (Å²) < 4.78 is 5.34. The van der Waals surface area contributed by atoms with Crippen LogP contribution in [0.2, 0.25) is 5.15 Å². The number of piperidine rings is 1. The molecule has 1 aromatic rings. The first-order valence-corrected chi connectivity index (χ1v) is 6.93. The zero-order valence-corrected chi connectivity index (χ0v) is 11.8. The van der Waals surface area contributed by atoms with E-state index in [2.05, 4.69) is 21.8 Å². The summed E-state index contributed by atoms with van der Waals surface area (Å²) in [6.07, 6.45) is 2.50. The Morgan fingerprint density at radius 3 is 3.06 bits per heavy atom. The van der Waals surface area contributed by atoms with Crippen LogP contribution in [0, 0.1) is 5.92 Å². The second kappa shape index (κ2) is 6.34. The van der Waals surface area contributed by atoms with Crippen LogP contribution in [0.4, 0.5) is 5.82 Å². The summed E-state index contributed by atoms with van der Waals surface area (Å²) >= 11 is 6.05. The fourth-order valence-corrected chi connectivity index (χ4v) is 2.46. The van der Waals surface area contributed by atoms with Gasteiger partial charge in [0.1, 0.15) is 17.6 Å². The number of anilines is 1. The van der Waals surface area contributed by atoms with Gasteiger partial charge >= 0.3 is 0 Å². The smallest absolute Gasteiger partial charge is 0.158 e. The highest BCUT2D eigenvalue weighted by Crippen LogP contribution is 2.23. The molecule has 0 radical (unpaired) electrons. The van der Waals surface area contributed by atoms with Crippen LogP contribution >= 0.6 is 11.6 Å². The molecular formula is C13H20ClN3O. The van der Waals surface area contributed by atoms with Crippen molar-refractivity contribution in [1.82, 2.24) is 9.97 Å². The van der Waals surface area contributed by atoms with Gasteiger partial charge < -0.3 is 9.64 Å². The minimum Gasteiger partial charge on any atom is -0.374 e. The Hall–Kier alpha value is -0.870. The van der Waals surface area contributed by atoms with Crippen LogP contribution in [-0.4, -0.2) is 29.7 Å². The number of halogens is 1. The van der Waals surface area contributed by atoms with Crippen molar-refractivity contribution in [3.8, 4) is 0 Å². The molecule has 0 saturated carbocycles. The molecule has 1 unspecified atom stereocenters. The quantitative estimate of drug-likeness (QED) is 0.788. The maximum Gasteiger partial charge on any atom is 0.158 e. The Kier molecular flexibility index (Phi) is 4.78. The molecule has 1 aliphatic heterocycles. The van der Waals surface area contributed by atoms with Crippen LogP contribution in [0.1, 0.15) is 32.5 Å². The van der Waals surface area contributed by atoms with Gasteiger partial charge in [0.25, 0.3) is 0 Å². The Balaban J connectivity index is 2.13. The third kappa shape index (κ3) is 3.56. The van der Waals surface area contributed by atoms with Crippen LogP contribution in [-0.2, 0) is 11.3 Å². The Bertz CT molecular complexity index is 400. The predicted octanol–water partition coefficient (Wildman–Crippen LogP) is 2.90. The van der Waals surface area contributed by atoms with Gasteiger partial charge in [0, 0.05) is 25.8 Å². The highest BCUT2D eigenvalue weighted by atomic mass is 35.5. The second-order valence-electron chi connectivity index (χ2n) is 4.80. The molecule has 0 aliphatic carbocycles. The minimum absolute atomic E-state index is 0.424. The molecule has 1 fully saturated rings. The lowest BCUT2D eigenvalue weighted by molar-refractivity contribution is 0.128. The van der Waals surface area contributed by atoms with Gasteiger partial charge in [-0.15, -0.1) is 0 Å². The largest absolute Gasteiger partial charge is 0.374 e. The first-order chi connectivity index (χ1) is 8.69. The average molecular weight is 270 g/mol. The Labute approximate surface area is 113 Å². The van der Waals surface area contributed by atoms with Crippen molar-refractivity contribution in [3.63, 3.8) is 0 Å². The third-order valence-corrected chi connectivity index (χ3v) is 3.34.